The van der Waals surface area contributed by atoms with Crippen LogP contribution < -0.4 is 10.1 Å². The maximum absolute atomic E-state index is 12.0. The number of ether oxygens (including phenoxy) is 1. The third-order valence-corrected chi connectivity index (χ3v) is 4.45. The van der Waals surface area contributed by atoms with E-state index in [1.165, 1.54) is 0 Å². The summed E-state index contributed by atoms with van der Waals surface area (Å²) in [7, 11) is 0. The number of anilines is 1. The second-order valence-corrected chi connectivity index (χ2v) is 6.79. The number of rotatable bonds is 7. The lowest BCUT2D eigenvalue weighted by molar-refractivity contribution is -0.113. The molecule has 0 aliphatic carbocycles. The van der Waals surface area contributed by atoms with Crippen LogP contribution in [-0.2, 0) is 11.4 Å². The molecule has 2 aromatic carbocycles. The lowest BCUT2D eigenvalue weighted by Gasteiger charge is -2.06. The normalized spacial score (nSPS) is 10.5. The second kappa shape index (κ2) is 8.93. The third kappa shape index (κ3) is 5.39. The number of carbonyl (C=O) groups is 1. The van der Waals surface area contributed by atoms with E-state index in [1.54, 1.807) is 18.2 Å². The number of hydrogen-bond acceptors (Lipinski definition) is 6. The highest BCUT2D eigenvalue weighted by Gasteiger charge is 2.11. The number of nitrogens with one attached hydrogen (secondary N) is 1. The van der Waals surface area contributed by atoms with Crippen molar-refractivity contribution >= 4 is 46.6 Å². The molecule has 134 valence electrons. The predicted octanol–water partition coefficient (Wildman–Crippen LogP) is 4.69. The van der Waals surface area contributed by atoms with E-state index in [4.69, 9.17) is 32.4 Å². The number of amides is 1. The highest BCUT2D eigenvalue weighted by atomic mass is 35.5. The van der Waals surface area contributed by atoms with Gasteiger partial charge in [0.1, 0.15) is 5.75 Å². The molecule has 1 heterocycles. The van der Waals surface area contributed by atoms with Gasteiger partial charge in [0.25, 0.3) is 11.1 Å². The number of para-hydroxylation sites is 1. The first kappa shape index (κ1) is 18.6. The molecule has 3 rings (SSSR count). The Balaban J connectivity index is 1.47. The van der Waals surface area contributed by atoms with Gasteiger partial charge in [-0.15, -0.1) is 10.2 Å². The minimum atomic E-state index is -0.250. The Labute approximate surface area is 163 Å². The van der Waals surface area contributed by atoms with E-state index in [0.717, 1.165) is 11.8 Å². The van der Waals surface area contributed by atoms with Gasteiger partial charge < -0.3 is 14.5 Å². The van der Waals surface area contributed by atoms with Crippen LogP contribution in [0.15, 0.2) is 58.2 Å². The highest BCUT2D eigenvalue weighted by Crippen LogP contribution is 2.26. The van der Waals surface area contributed by atoms with Crippen molar-refractivity contribution in [2.24, 2.45) is 0 Å². The monoisotopic (exact) mass is 409 g/mol. The second-order valence-electron chi connectivity index (χ2n) is 5.02. The van der Waals surface area contributed by atoms with Gasteiger partial charge in [0.15, 0.2) is 6.61 Å². The number of aromatic nitrogens is 2. The molecule has 6 nitrogen and oxygen atoms in total. The number of nitrogens with zero attached hydrogens (tertiary/aromatic N) is 2. The minimum Gasteiger partial charge on any atom is -0.484 e. The van der Waals surface area contributed by atoms with Crippen LogP contribution in [0.4, 0.5) is 5.69 Å². The topological polar surface area (TPSA) is 77.2 Å². The summed E-state index contributed by atoms with van der Waals surface area (Å²) >= 11 is 13.0. The fourth-order valence-electron chi connectivity index (χ4n) is 1.92. The van der Waals surface area contributed by atoms with Crippen LogP contribution in [0.25, 0.3) is 0 Å². The van der Waals surface area contributed by atoms with Crippen molar-refractivity contribution in [3.63, 3.8) is 0 Å². The number of halogens is 2. The van der Waals surface area contributed by atoms with Crippen molar-refractivity contribution in [1.82, 2.24) is 10.2 Å². The van der Waals surface area contributed by atoms with E-state index in [-0.39, 0.29) is 23.5 Å². The van der Waals surface area contributed by atoms with Crippen molar-refractivity contribution in [2.75, 3.05) is 11.1 Å². The molecule has 0 saturated heterocycles. The Morgan fingerprint density at radius 3 is 2.73 bits per heavy atom. The SMILES string of the molecule is O=C(CSc1nnc(COc2ccccc2)o1)Nc1ccc(Cl)cc1Cl. The Morgan fingerprint density at radius 2 is 1.96 bits per heavy atom. The van der Waals surface area contributed by atoms with Gasteiger partial charge in [0.05, 0.1) is 16.5 Å². The molecule has 0 bridgehead atoms. The number of benzene rings is 2. The molecule has 3 aromatic rings. The molecule has 0 atom stereocenters. The zero-order valence-corrected chi connectivity index (χ0v) is 15.6. The van der Waals surface area contributed by atoms with Crippen molar-refractivity contribution < 1.29 is 13.9 Å². The van der Waals surface area contributed by atoms with Crippen LogP contribution in [0.1, 0.15) is 5.89 Å². The lowest BCUT2D eigenvalue weighted by Crippen LogP contribution is -2.14. The van der Waals surface area contributed by atoms with Gasteiger partial charge >= 0.3 is 0 Å². The Hall–Kier alpha value is -2.22. The molecular formula is C17H13Cl2N3O3S. The number of thioether (sulfide) groups is 1. The third-order valence-electron chi connectivity index (χ3n) is 3.09. The van der Waals surface area contributed by atoms with Gasteiger partial charge in [-0.25, -0.2) is 0 Å². The molecule has 0 aliphatic rings. The van der Waals surface area contributed by atoms with E-state index in [0.29, 0.717) is 27.4 Å². The molecule has 0 saturated carbocycles. The molecule has 0 spiro atoms. The van der Waals surface area contributed by atoms with Crippen LogP contribution in [0.5, 0.6) is 5.75 Å². The van der Waals surface area contributed by atoms with E-state index < -0.39 is 0 Å². The van der Waals surface area contributed by atoms with Gasteiger partial charge in [-0.05, 0) is 30.3 Å². The minimum absolute atomic E-state index is 0.0974. The first-order valence-electron chi connectivity index (χ1n) is 7.48. The molecule has 0 fully saturated rings. The summed E-state index contributed by atoms with van der Waals surface area (Å²) in [6.45, 7) is 0.157. The largest absolute Gasteiger partial charge is 0.484 e. The lowest BCUT2D eigenvalue weighted by atomic mass is 10.3. The van der Waals surface area contributed by atoms with Crippen LogP contribution >= 0.6 is 35.0 Å². The smallest absolute Gasteiger partial charge is 0.277 e. The van der Waals surface area contributed by atoms with Crippen LogP contribution in [0.3, 0.4) is 0 Å². The summed E-state index contributed by atoms with van der Waals surface area (Å²) in [6, 6.07) is 14.1. The first-order valence-corrected chi connectivity index (χ1v) is 9.22. The van der Waals surface area contributed by atoms with Gasteiger partial charge in [-0.1, -0.05) is 53.2 Å². The van der Waals surface area contributed by atoms with Gasteiger partial charge in [-0.3, -0.25) is 4.79 Å². The van der Waals surface area contributed by atoms with Gasteiger partial charge in [0, 0.05) is 5.02 Å². The molecule has 0 aliphatic heterocycles. The summed E-state index contributed by atoms with van der Waals surface area (Å²) in [6.07, 6.45) is 0. The predicted molar refractivity (Wildman–Crippen MR) is 101 cm³/mol. The van der Waals surface area contributed by atoms with Crippen LogP contribution in [-0.4, -0.2) is 21.9 Å². The summed E-state index contributed by atoms with van der Waals surface area (Å²) < 4.78 is 11.0. The standard InChI is InChI=1S/C17H13Cl2N3O3S/c18-11-6-7-14(13(19)8-11)20-15(23)10-26-17-22-21-16(25-17)9-24-12-4-2-1-3-5-12/h1-8H,9-10H2,(H,20,23). The van der Waals surface area contributed by atoms with Crippen LogP contribution in [0, 0.1) is 0 Å². The number of carbonyl (C=O) groups excluding carboxylic acids is 1. The molecule has 1 aromatic heterocycles. The summed E-state index contributed by atoms with van der Waals surface area (Å²) in [5, 5.41) is 11.6. The first-order chi connectivity index (χ1) is 12.6. The van der Waals surface area contributed by atoms with E-state index in [1.807, 2.05) is 30.3 Å². The zero-order valence-electron chi connectivity index (χ0n) is 13.3. The molecule has 0 unspecified atom stereocenters. The average Bonchev–Trinajstić information content (AvgIpc) is 3.09. The molecule has 26 heavy (non-hydrogen) atoms. The van der Waals surface area contributed by atoms with E-state index in [2.05, 4.69) is 15.5 Å². The molecule has 9 heteroatoms. The summed E-state index contributed by atoms with van der Waals surface area (Å²) in [5.41, 5.74) is 0.490. The summed E-state index contributed by atoms with van der Waals surface area (Å²) in [4.78, 5) is 12.0. The molecule has 0 radical (unpaired) electrons. The highest BCUT2D eigenvalue weighted by molar-refractivity contribution is 7.99. The molecular weight excluding hydrogens is 397 g/mol. The molecule has 1 amide bonds. The van der Waals surface area contributed by atoms with Gasteiger partial charge in [-0.2, -0.15) is 0 Å². The Morgan fingerprint density at radius 1 is 1.15 bits per heavy atom. The Bertz CT molecular complexity index is 890. The fourth-order valence-corrected chi connectivity index (χ4v) is 2.96. The Kier molecular flexibility index (Phi) is 6.38. The van der Waals surface area contributed by atoms with Crippen molar-refractivity contribution in [1.29, 1.82) is 0 Å². The zero-order chi connectivity index (χ0) is 18.4. The maximum Gasteiger partial charge on any atom is 0.277 e. The van der Waals surface area contributed by atoms with Crippen molar-refractivity contribution in [3.8, 4) is 5.75 Å². The number of hydrogen-bond donors (Lipinski definition) is 1. The fraction of sp³-hybridized carbons (Fsp3) is 0.118. The van der Waals surface area contributed by atoms with E-state index in [9.17, 15) is 4.79 Å². The van der Waals surface area contributed by atoms with Crippen molar-refractivity contribution in [3.05, 3.63) is 64.5 Å². The van der Waals surface area contributed by atoms with E-state index >= 15 is 0 Å². The van der Waals surface area contributed by atoms with Crippen LogP contribution in [0.2, 0.25) is 10.0 Å². The van der Waals surface area contributed by atoms with Crippen molar-refractivity contribution in [2.45, 2.75) is 11.8 Å². The molecule has 1 N–H and O–H groups in total. The van der Waals surface area contributed by atoms with Gasteiger partial charge in [0.2, 0.25) is 5.91 Å². The quantitative estimate of drug-likeness (QED) is 0.570. The summed E-state index contributed by atoms with van der Waals surface area (Å²) in [5.74, 6) is 0.885. The average molecular weight is 410 g/mol. The maximum atomic E-state index is 12.0.